The van der Waals surface area contributed by atoms with Crippen LogP contribution in [0.5, 0.6) is 0 Å². The van der Waals surface area contributed by atoms with Crippen molar-refractivity contribution in [2.75, 3.05) is 49.5 Å². The van der Waals surface area contributed by atoms with Crippen LogP contribution in [0.3, 0.4) is 0 Å². The average molecular weight is 400 g/mol. The van der Waals surface area contributed by atoms with Gasteiger partial charge in [0, 0.05) is 44.0 Å². The van der Waals surface area contributed by atoms with Crippen LogP contribution in [-0.4, -0.2) is 56.1 Å². The number of likely N-dealkylation sites (N-methyl/N-ethyl adjacent to an activating group) is 1. The number of benzene rings is 1. The van der Waals surface area contributed by atoms with Crippen LogP contribution in [0.25, 0.3) is 0 Å². The first-order chi connectivity index (χ1) is 14.1. The van der Waals surface area contributed by atoms with Crippen molar-refractivity contribution < 1.29 is 14.3 Å². The van der Waals surface area contributed by atoms with Gasteiger partial charge in [0.05, 0.1) is 0 Å². The molecule has 3 atom stereocenters. The minimum absolute atomic E-state index is 0.208. The number of nitrogens with one attached hydrogen (secondary N) is 1. The lowest BCUT2D eigenvalue weighted by Gasteiger charge is -2.35. The van der Waals surface area contributed by atoms with E-state index in [1.165, 1.54) is 24.9 Å². The normalized spacial score (nSPS) is 26.5. The molecule has 0 radical (unpaired) electrons. The summed E-state index contributed by atoms with van der Waals surface area (Å²) in [6.45, 7) is 7.32. The summed E-state index contributed by atoms with van der Waals surface area (Å²) < 4.78 is 5.22. The van der Waals surface area contributed by atoms with Crippen molar-refractivity contribution in [2.45, 2.75) is 39.0 Å². The Morgan fingerprint density at radius 1 is 1.07 bits per heavy atom. The lowest BCUT2D eigenvalue weighted by atomic mass is 9.86. The molecule has 1 amide bonds. The lowest BCUT2D eigenvalue weighted by molar-refractivity contribution is -0.148. The maximum Gasteiger partial charge on any atom is 0.306 e. The highest BCUT2D eigenvalue weighted by molar-refractivity contribution is 5.93. The van der Waals surface area contributed by atoms with Gasteiger partial charge in [0.2, 0.25) is 0 Å². The Labute approximate surface area is 173 Å². The Hall–Kier alpha value is -2.08. The van der Waals surface area contributed by atoms with Crippen molar-refractivity contribution in [2.24, 2.45) is 17.8 Å². The lowest BCUT2D eigenvalue weighted by Crippen LogP contribution is -2.46. The van der Waals surface area contributed by atoms with Crippen LogP contribution in [0.2, 0.25) is 0 Å². The van der Waals surface area contributed by atoms with Crippen LogP contribution in [-0.2, 0) is 14.3 Å². The zero-order valence-corrected chi connectivity index (χ0v) is 17.4. The number of fused-ring (bicyclic) bond motifs is 2. The standard InChI is InChI=1S/C23H33N3O3/c1-2-25-9-11-26(12-10-25)21-7-5-20(6-8-21)24-22(27)16-29-23(28)15-19-14-17-3-4-18(19)13-17/h5-8,17-19H,2-4,9-16H2,1H3,(H,24,27). The molecule has 0 spiro atoms. The zero-order valence-electron chi connectivity index (χ0n) is 17.4. The van der Waals surface area contributed by atoms with Crippen LogP contribution >= 0.6 is 0 Å². The molecular formula is C23H33N3O3. The Morgan fingerprint density at radius 2 is 1.83 bits per heavy atom. The van der Waals surface area contributed by atoms with E-state index in [0.29, 0.717) is 18.3 Å². The summed E-state index contributed by atoms with van der Waals surface area (Å²) in [5.74, 6) is 1.47. The summed E-state index contributed by atoms with van der Waals surface area (Å²) in [6, 6.07) is 7.91. The highest BCUT2D eigenvalue weighted by Crippen LogP contribution is 2.49. The van der Waals surface area contributed by atoms with Crippen molar-refractivity contribution in [3.63, 3.8) is 0 Å². The number of nitrogens with zero attached hydrogens (tertiary/aromatic N) is 2. The van der Waals surface area contributed by atoms with Crippen LogP contribution in [0.15, 0.2) is 24.3 Å². The molecule has 2 bridgehead atoms. The number of esters is 1. The monoisotopic (exact) mass is 399 g/mol. The quantitative estimate of drug-likeness (QED) is 0.714. The van der Waals surface area contributed by atoms with Crippen LogP contribution in [0.4, 0.5) is 11.4 Å². The Bertz CT molecular complexity index is 713. The number of piperazine rings is 1. The summed E-state index contributed by atoms with van der Waals surface area (Å²) in [5.41, 5.74) is 1.91. The predicted molar refractivity (Wildman–Crippen MR) is 114 cm³/mol. The van der Waals surface area contributed by atoms with Crippen molar-refractivity contribution >= 4 is 23.3 Å². The topological polar surface area (TPSA) is 61.9 Å². The summed E-state index contributed by atoms with van der Waals surface area (Å²) in [6.07, 6.45) is 5.49. The van der Waals surface area contributed by atoms with Crippen LogP contribution in [0.1, 0.15) is 39.0 Å². The first-order valence-corrected chi connectivity index (χ1v) is 11.1. The number of hydrogen-bond donors (Lipinski definition) is 1. The van der Waals surface area contributed by atoms with E-state index < -0.39 is 0 Å². The molecule has 1 aromatic carbocycles. The maximum absolute atomic E-state index is 12.1. The molecule has 29 heavy (non-hydrogen) atoms. The van der Waals surface area contributed by atoms with E-state index in [1.54, 1.807) is 0 Å². The molecule has 2 saturated carbocycles. The van der Waals surface area contributed by atoms with Gasteiger partial charge in [-0.05, 0) is 67.8 Å². The van der Waals surface area contributed by atoms with Gasteiger partial charge in [-0.1, -0.05) is 13.3 Å². The molecule has 6 heteroatoms. The van der Waals surface area contributed by atoms with E-state index in [-0.39, 0.29) is 18.5 Å². The smallest absolute Gasteiger partial charge is 0.306 e. The number of rotatable bonds is 7. The highest BCUT2D eigenvalue weighted by atomic mass is 16.5. The third kappa shape index (κ3) is 5.10. The molecule has 158 valence electrons. The predicted octanol–water partition coefficient (Wildman–Crippen LogP) is 3.14. The molecule has 4 rings (SSSR count). The summed E-state index contributed by atoms with van der Waals surface area (Å²) in [7, 11) is 0. The molecule has 1 heterocycles. The number of ether oxygens (including phenoxy) is 1. The number of hydrogen-bond acceptors (Lipinski definition) is 5. The molecule has 2 aliphatic carbocycles. The minimum Gasteiger partial charge on any atom is -0.456 e. The summed E-state index contributed by atoms with van der Waals surface area (Å²) in [4.78, 5) is 29.0. The van der Waals surface area contributed by atoms with E-state index >= 15 is 0 Å². The number of amides is 1. The second-order valence-electron chi connectivity index (χ2n) is 8.82. The SMILES string of the molecule is CCN1CCN(c2ccc(NC(=O)COC(=O)CC3CC4CCC3C4)cc2)CC1. The molecule has 1 aromatic rings. The molecule has 1 N–H and O–H groups in total. The summed E-state index contributed by atoms with van der Waals surface area (Å²) >= 11 is 0. The van der Waals surface area contributed by atoms with Crippen LogP contribution < -0.4 is 10.2 Å². The second kappa shape index (κ2) is 9.16. The maximum atomic E-state index is 12.1. The molecule has 6 nitrogen and oxygen atoms in total. The van der Waals surface area contributed by atoms with Gasteiger partial charge in [0.15, 0.2) is 6.61 Å². The fourth-order valence-corrected chi connectivity index (χ4v) is 5.32. The van der Waals surface area contributed by atoms with Gasteiger partial charge in [0.1, 0.15) is 0 Å². The fraction of sp³-hybridized carbons (Fsp3) is 0.652. The highest BCUT2D eigenvalue weighted by Gasteiger charge is 2.40. The van der Waals surface area contributed by atoms with Gasteiger partial charge in [-0.25, -0.2) is 0 Å². The molecule has 1 aliphatic heterocycles. The third-order valence-electron chi connectivity index (χ3n) is 7.01. The first kappa shape index (κ1) is 20.2. The number of anilines is 2. The summed E-state index contributed by atoms with van der Waals surface area (Å²) in [5, 5.41) is 2.82. The Balaban J connectivity index is 1.18. The number of carbonyl (C=O) groups excluding carboxylic acids is 2. The van der Waals surface area contributed by atoms with Gasteiger partial charge in [-0.15, -0.1) is 0 Å². The van der Waals surface area contributed by atoms with Gasteiger partial charge in [-0.3, -0.25) is 9.59 Å². The zero-order chi connectivity index (χ0) is 20.2. The third-order valence-corrected chi connectivity index (χ3v) is 7.01. The van der Waals surface area contributed by atoms with E-state index in [9.17, 15) is 9.59 Å². The molecule has 1 saturated heterocycles. The molecule has 3 unspecified atom stereocenters. The van der Waals surface area contributed by atoms with E-state index in [0.717, 1.165) is 50.7 Å². The second-order valence-corrected chi connectivity index (χ2v) is 8.82. The fourth-order valence-electron chi connectivity index (χ4n) is 5.32. The molecule has 3 fully saturated rings. The molecule has 3 aliphatic rings. The molecule has 0 aromatic heterocycles. The minimum atomic E-state index is -0.282. The van der Waals surface area contributed by atoms with Crippen molar-refractivity contribution in [1.29, 1.82) is 0 Å². The van der Waals surface area contributed by atoms with Gasteiger partial charge in [-0.2, -0.15) is 0 Å². The van der Waals surface area contributed by atoms with Crippen molar-refractivity contribution in [3.05, 3.63) is 24.3 Å². The van der Waals surface area contributed by atoms with E-state index in [1.807, 2.05) is 24.3 Å². The van der Waals surface area contributed by atoms with Crippen molar-refractivity contribution in [1.82, 2.24) is 4.90 Å². The van der Waals surface area contributed by atoms with E-state index in [4.69, 9.17) is 4.74 Å². The van der Waals surface area contributed by atoms with Crippen LogP contribution in [0, 0.1) is 17.8 Å². The molecular weight excluding hydrogens is 366 g/mol. The van der Waals surface area contributed by atoms with Gasteiger partial charge >= 0.3 is 5.97 Å². The van der Waals surface area contributed by atoms with Gasteiger partial charge < -0.3 is 19.9 Å². The Kier molecular flexibility index (Phi) is 6.38. The average Bonchev–Trinajstić information content (AvgIpc) is 3.36. The largest absolute Gasteiger partial charge is 0.456 e. The van der Waals surface area contributed by atoms with E-state index in [2.05, 4.69) is 22.0 Å². The van der Waals surface area contributed by atoms with Gasteiger partial charge in [0.25, 0.3) is 5.91 Å². The number of carbonyl (C=O) groups is 2. The Morgan fingerprint density at radius 3 is 2.45 bits per heavy atom. The first-order valence-electron chi connectivity index (χ1n) is 11.1. The van der Waals surface area contributed by atoms with Crippen molar-refractivity contribution in [3.8, 4) is 0 Å².